The molecule has 1 aromatic carbocycles. The van der Waals surface area contributed by atoms with Crippen LogP contribution in [0.3, 0.4) is 0 Å². The fraction of sp³-hybridized carbons (Fsp3) is 0. The Labute approximate surface area is 71.1 Å². The second-order valence-electron chi connectivity index (χ2n) is 2.21. The van der Waals surface area contributed by atoms with E-state index in [0.717, 1.165) is 11.1 Å². The number of hydrogen-bond acceptors (Lipinski definition) is 2. The Hall–Kier alpha value is -0.660. The van der Waals surface area contributed by atoms with Gasteiger partial charge in [-0.05, 0) is 33.7 Å². The smallest absolute Gasteiger partial charge is 0.272 e. The van der Waals surface area contributed by atoms with Gasteiger partial charge in [-0.2, -0.15) is 0 Å². The topological polar surface area (TPSA) is 18.1 Å². The van der Waals surface area contributed by atoms with E-state index in [2.05, 4.69) is 9.39 Å². The lowest BCUT2D eigenvalue weighted by molar-refractivity contribution is 0.578. The highest BCUT2D eigenvalue weighted by atomic mass is 32.1. The van der Waals surface area contributed by atoms with Crippen molar-refractivity contribution in [3.8, 4) is 0 Å². The molecular weight excluding hydrogens is 177 g/mol. The van der Waals surface area contributed by atoms with Gasteiger partial charge in [-0.15, -0.1) is 0 Å². The molecule has 0 amide bonds. The predicted molar refractivity (Wildman–Crippen MR) is 50.1 cm³/mol. The Balaban J connectivity index is 3.04. The van der Waals surface area contributed by atoms with Crippen molar-refractivity contribution in [2.75, 3.05) is 0 Å². The second kappa shape index (κ2) is 2.43. The maximum Gasteiger partial charge on any atom is 0.272 e. The molecule has 56 valence electrons. The lowest BCUT2D eigenvalue weighted by Crippen LogP contribution is -1.74. The molecule has 2 aromatic rings. The molecule has 0 radical (unpaired) electrons. The van der Waals surface area contributed by atoms with E-state index in [1.54, 1.807) is 4.34 Å². The summed E-state index contributed by atoms with van der Waals surface area (Å²) >= 11 is 4.93. The summed E-state index contributed by atoms with van der Waals surface area (Å²) in [7, 11) is 2.51. The summed E-state index contributed by atoms with van der Waals surface area (Å²) in [6, 6.07) is 7.73. The first-order valence-corrected chi connectivity index (χ1v) is 4.07. The third kappa shape index (κ3) is 1.01. The van der Waals surface area contributed by atoms with Crippen LogP contribution in [0.2, 0.25) is 0 Å². The summed E-state index contributed by atoms with van der Waals surface area (Å²) in [6.45, 7) is 0. The molecule has 1 unspecified atom stereocenters. The van der Waals surface area contributed by atoms with E-state index in [-0.39, 0.29) is 0 Å². The molecule has 2 nitrogen and oxygen atoms in total. The van der Waals surface area contributed by atoms with Gasteiger partial charge in [0, 0.05) is 0 Å². The molecule has 0 aliphatic carbocycles. The Bertz CT molecular complexity index is 445. The van der Waals surface area contributed by atoms with Crippen molar-refractivity contribution in [1.29, 1.82) is 0 Å². The fourth-order valence-corrected chi connectivity index (χ4v) is 1.44. The standard InChI is InChI=1S/C7H6NOPS/c10-8-5-3-1-2-4-6(5)9-7(8)11/h1-4H,10H2. The van der Waals surface area contributed by atoms with Gasteiger partial charge in [0.25, 0.3) is 4.84 Å². The van der Waals surface area contributed by atoms with Crippen LogP contribution >= 0.6 is 21.6 Å². The van der Waals surface area contributed by atoms with Crippen molar-refractivity contribution in [2.24, 2.45) is 0 Å². The fourth-order valence-electron chi connectivity index (χ4n) is 0.984. The van der Waals surface area contributed by atoms with E-state index in [4.69, 9.17) is 16.6 Å². The highest BCUT2D eigenvalue weighted by Gasteiger charge is 1.99. The van der Waals surface area contributed by atoms with Gasteiger partial charge in [0.1, 0.15) is 0 Å². The number of rotatable bonds is 0. The first-order valence-electron chi connectivity index (χ1n) is 3.15. The molecule has 0 saturated heterocycles. The van der Waals surface area contributed by atoms with Gasteiger partial charge in [-0.3, -0.25) is 4.34 Å². The molecule has 2 rings (SSSR count). The molecule has 0 aliphatic heterocycles. The molecular formula is C7H6NOPS. The van der Waals surface area contributed by atoms with Gasteiger partial charge in [-0.25, -0.2) is 0 Å². The summed E-state index contributed by atoms with van der Waals surface area (Å²) < 4.78 is 7.02. The average molecular weight is 183 g/mol. The molecule has 0 aliphatic rings. The van der Waals surface area contributed by atoms with E-state index in [0.29, 0.717) is 4.84 Å². The molecule has 1 aromatic heterocycles. The van der Waals surface area contributed by atoms with Gasteiger partial charge in [0.05, 0.1) is 5.52 Å². The Morgan fingerprint density at radius 3 is 2.82 bits per heavy atom. The van der Waals surface area contributed by atoms with Gasteiger partial charge in [-0.1, -0.05) is 12.1 Å². The first kappa shape index (κ1) is 7.01. The molecule has 1 atom stereocenters. The molecule has 0 saturated carbocycles. The van der Waals surface area contributed by atoms with Crippen LogP contribution in [0, 0.1) is 4.84 Å². The van der Waals surface area contributed by atoms with Crippen LogP contribution < -0.4 is 0 Å². The van der Waals surface area contributed by atoms with Gasteiger partial charge < -0.3 is 4.42 Å². The van der Waals surface area contributed by atoms with Crippen LogP contribution in [0.25, 0.3) is 11.1 Å². The lowest BCUT2D eigenvalue weighted by atomic mass is 10.3. The van der Waals surface area contributed by atoms with E-state index >= 15 is 0 Å². The largest absolute Gasteiger partial charge is 0.429 e. The quantitative estimate of drug-likeness (QED) is 0.461. The van der Waals surface area contributed by atoms with E-state index in [1.807, 2.05) is 24.3 Å². The zero-order valence-corrected chi connectivity index (χ0v) is 7.62. The van der Waals surface area contributed by atoms with Crippen molar-refractivity contribution in [1.82, 2.24) is 4.34 Å². The molecule has 4 heteroatoms. The molecule has 1 heterocycles. The van der Waals surface area contributed by atoms with Crippen LogP contribution in [-0.4, -0.2) is 4.34 Å². The number of fused-ring (bicyclic) bond motifs is 1. The normalized spacial score (nSPS) is 10.6. The second-order valence-corrected chi connectivity index (χ2v) is 3.07. The van der Waals surface area contributed by atoms with Gasteiger partial charge >= 0.3 is 0 Å². The summed E-state index contributed by atoms with van der Waals surface area (Å²) in [5, 5.41) is 0. The third-order valence-electron chi connectivity index (χ3n) is 1.52. The molecule has 0 N–H and O–H groups in total. The number of para-hydroxylation sites is 2. The monoisotopic (exact) mass is 183 g/mol. The van der Waals surface area contributed by atoms with Crippen LogP contribution in [0.15, 0.2) is 28.7 Å². The van der Waals surface area contributed by atoms with Crippen molar-refractivity contribution in [3.63, 3.8) is 0 Å². The maximum atomic E-state index is 5.26. The molecule has 0 fully saturated rings. The number of benzene rings is 1. The average Bonchev–Trinajstić information content (AvgIpc) is 2.30. The third-order valence-corrected chi connectivity index (χ3v) is 2.50. The number of hydrogen-bond donors (Lipinski definition) is 0. The van der Waals surface area contributed by atoms with Crippen LogP contribution in [-0.2, 0) is 0 Å². The zero-order chi connectivity index (χ0) is 7.84. The molecule has 0 spiro atoms. The Morgan fingerprint density at radius 2 is 2.09 bits per heavy atom. The molecule has 11 heavy (non-hydrogen) atoms. The predicted octanol–water partition coefficient (Wildman–Crippen LogP) is 2.60. The van der Waals surface area contributed by atoms with E-state index < -0.39 is 0 Å². The van der Waals surface area contributed by atoms with E-state index in [9.17, 15) is 0 Å². The lowest BCUT2D eigenvalue weighted by Gasteiger charge is -1.88. The van der Waals surface area contributed by atoms with E-state index in [1.165, 1.54) is 0 Å². The minimum Gasteiger partial charge on any atom is -0.429 e. The summed E-state index contributed by atoms with van der Waals surface area (Å²) in [4.78, 5) is 0.483. The van der Waals surface area contributed by atoms with Crippen molar-refractivity contribution in [2.45, 2.75) is 0 Å². The van der Waals surface area contributed by atoms with Crippen molar-refractivity contribution < 1.29 is 4.42 Å². The van der Waals surface area contributed by atoms with Crippen molar-refractivity contribution >= 4 is 32.7 Å². The minimum absolute atomic E-state index is 0.483. The van der Waals surface area contributed by atoms with Gasteiger partial charge in [0.15, 0.2) is 5.58 Å². The summed E-state index contributed by atoms with van der Waals surface area (Å²) in [5.41, 5.74) is 1.83. The first-order chi connectivity index (χ1) is 5.29. The highest BCUT2D eigenvalue weighted by molar-refractivity contribution is 7.71. The van der Waals surface area contributed by atoms with Gasteiger partial charge in [0.2, 0.25) is 0 Å². The Morgan fingerprint density at radius 1 is 1.36 bits per heavy atom. The SMILES string of the molecule is Pn1c(=S)oc2ccccc21. The van der Waals surface area contributed by atoms with Crippen LogP contribution in [0.1, 0.15) is 0 Å². The van der Waals surface area contributed by atoms with Crippen LogP contribution in [0.5, 0.6) is 0 Å². The number of oxazole rings is 1. The van der Waals surface area contributed by atoms with Crippen molar-refractivity contribution in [3.05, 3.63) is 29.1 Å². The minimum atomic E-state index is 0.483. The number of aromatic nitrogens is 1. The van der Waals surface area contributed by atoms with Crippen LogP contribution in [0.4, 0.5) is 0 Å². The molecule has 0 bridgehead atoms. The summed E-state index contributed by atoms with van der Waals surface area (Å²) in [5.74, 6) is 0. The Kier molecular flexibility index (Phi) is 1.55. The highest BCUT2D eigenvalue weighted by Crippen LogP contribution is 2.18. The summed E-state index contributed by atoms with van der Waals surface area (Å²) in [6.07, 6.45) is 0. The number of nitrogens with zero attached hydrogens (tertiary/aromatic N) is 1. The maximum absolute atomic E-state index is 5.26. The zero-order valence-electron chi connectivity index (χ0n) is 5.65.